The molecule has 0 aliphatic heterocycles. The van der Waals surface area contributed by atoms with Crippen LogP contribution in [0.2, 0.25) is 0 Å². The van der Waals surface area contributed by atoms with Gasteiger partial charge in [-0.2, -0.15) is 13.2 Å². The molecule has 5 nitrogen and oxygen atoms in total. The SMILES string of the molecule is CC(C)CC(C)(CN)NS(=O)(=O)c1ccc(C(F)(F)F)nc1.Cl. The van der Waals surface area contributed by atoms with Gasteiger partial charge < -0.3 is 5.73 Å². The fraction of sp³-hybridized carbons (Fsp3) is 0.615. The first-order chi connectivity index (χ1) is 9.89. The molecular weight excluding hydrogens is 355 g/mol. The summed E-state index contributed by atoms with van der Waals surface area (Å²) >= 11 is 0. The van der Waals surface area contributed by atoms with Crippen LogP contribution in [0.15, 0.2) is 23.2 Å². The van der Waals surface area contributed by atoms with Crippen molar-refractivity contribution in [1.29, 1.82) is 0 Å². The van der Waals surface area contributed by atoms with Gasteiger partial charge in [-0.1, -0.05) is 13.8 Å². The van der Waals surface area contributed by atoms with Crippen molar-refractivity contribution < 1.29 is 21.6 Å². The second kappa shape index (κ2) is 7.78. The zero-order chi connectivity index (χ0) is 17.2. The zero-order valence-electron chi connectivity index (χ0n) is 13.0. The molecule has 1 atom stereocenters. The molecule has 0 saturated carbocycles. The smallest absolute Gasteiger partial charge is 0.329 e. The molecule has 1 unspecified atom stereocenters. The third kappa shape index (κ3) is 6.25. The van der Waals surface area contributed by atoms with E-state index in [-0.39, 0.29) is 29.8 Å². The lowest BCUT2D eigenvalue weighted by molar-refractivity contribution is -0.141. The fourth-order valence-electron chi connectivity index (χ4n) is 2.16. The number of nitrogens with zero attached hydrogens (tertiary/aromatic N) is 1. The summed E-state index contributed by atoms with van der Waals surface area (Å²) in [5.74, 6) is 0.196. The van der Waals surface area contributed by atoms with E-state index in [9.17, 15) is 21.6 Å². The lowest BCUT2D eigenvalue weighted by Crippen LogP contribution is -2.52. The number of nitrogens with one attached hydrogen (secondary N) is 1. The Morgan fingerprint density at radius 1 is 1.30 bits per heavy atom. The highest BCUT2D eigenvalue weighted by atomic mass is 35.5. The molecule has 0 aliphatic rings. The molecule has 0 radical (unpaired) electrons. The Labute approximate surface area is 140 Å². The summed E-state index contributed by atoms with van der Waals surface area (Å²) in [6.07, 6.45) is -3.42. The van der Waals surface area contributed by atoms with Crippen molar-refractivity contribution in [1.82, 2.24) is 9.71 Å². The maximum absolute atomic E-state index is 12.4. The Morgan fingerprint density at radius 2 is 1.87 bits per heavy atom. The lowest BCUT2D eigenvalue weighted by Gasteiger charge is -2.30. The number of sulfonamides is 1. The molecule has 0 spiro atoms. The topological polar surface area (TPSA) is 85.1 Å². The summed E-state index contributed by atoms with van der Waals surface area (Å²) < 4.78 is 64.3. The van der Waals surface area contributed by atoms with Crippen molar-refractivity contribution in [2.75, 3.05) is 6.54 Å². The van der Waals surface area contributed by atoms with Crippen LogP contribution in [0, 0.1) is 5.92 Å². The molecule has 134 valence electrons. The van der Waals surface area contributed by atoms with Crippen LogP contribution in [-0.4, -0.2) is 25.5 Å². The normalized spacial score (nSPS) is 15.1. The largest absolute Gasteiger partial charge is 0.433 e. The Balaban J connectivity index is 0.00000484. The number of nitrogens with two attached hydrogens (primary N) is 1. The number of rotatable bonds is 6. The van der Waals surface area contributed by atoms with E-state index < -0.39 is 27.4 Å². The van der Waals surface area contributed by atoms with Gasteiger partial charge in [-0.05, 0) is 31.4 Å². The van der Waals surface area contributed by atoms with Gasteiger partial charge in [0.25, 0.3) is 0 Å². The van der Waals surface area contributed by atoms with E-state index in [4.69, 9.17) is 5.73 Å². The highest BCUT2D eigenvalue weighted by molar-refractivity contribution is 7.89. The molecule has 1 rings (SSSR count). The van der Waals surface area contributed by atoms with Crippen molar-refractivity contribution in [2.24, 2.45) is 11.7 Å². The van der Waals surface area contributed by atoms with Gasteiger partial charge in [-0.3, -0.25) is 4.98 Å². The number of hydrogen-bond acceptors (Lipinski definition) is 4. The van der Waals surface area contributed by atoms with Gasteiger partial charge in [0.05, 0.1) is 0 Å². The summed E-state index contributed by atoms with van der Waals surface area (Å²) in [6, 6.07) is 1.52. The second-order valence-corrected chi connectivity index (χ2v) is 7.53. The molecule has 3 N–H and O–H groups in total. The number of alkyl halides is 3. The van der Waals surface area contributed by atoms with Crippen LogP contribution in [-0.2, 0) is 16.2 Å². The molecule has 1 aromatic rings. The van der Waals surface area contributed by atoms with E-state index in [0.29, 0.717) is 18.7 Å². The first-order valence-electron chi connectivity index (χ1n) is 6.67. The van der Waals surface area contributed by atoms with Gasteiger partial charge in [-0.15, -0.1) is 12.4 Å². The standard InChI is InChI=1S/C13H20F3N3O2S.ClH/c1-9(2)6-12(3,8-17)19-22(20,21)10-4-5-11(18-7-10)13(14,15)16;/h4-5,7,9,19H,6,8,17H2,1-3H3;1H. The fourth-order valence-corrected chi connectivity index (χ4v) is 3.53. The minimum Gasteiger partial charge on any atom is -0.329 e. The van der Waals surface area contributed by atoms with E-state index in [1.807, 2.05) is 13.8 Å². The Bertz CT molecular complexity index is 606. The number of halogens is 4. The van der Waals surface area contributed by atoms with Gasteiger partial charge in [0.15, 0.2) is 0 Å². The molecule has 10 heteroatoms. The molecule has 1 aromatic heterocycles. The number of hydrogen-bond donors (Lipinski definition) is 2. The summed E-state index contributed by atoms with van der Waals surface area (Å²) in [6.45, 7) is 5.56. The molecule has 0 amide bonds. The first kappa shape index (κ1) is 22.1. The maximum Gasteiger partial charge on any atom is 0.433 e. The molecule has 0 saturated heterocycles. The van der Waals surface area contributed by atoms with Gasteiger partial charge in [-0.25, -0.2) is 13.1 Å². The van der Waals surface area contributed by atoms with E-state index in [1.54, 1.807) is 6.92 Å². The Hall–Kier alpha value is -0.900. The number of pyridine rings is 1. The molecule has 0 aromatic carbocycles. The molecule has 0 aliphatic carbocycles. The molecular formula is C13H21ClF3N3O2S. The number of aromatic nitrogens is 1. The Kier molecular flexibility index (Phi) is 7.48. The zero-order valence-corrected chi connectivity index (χ0v) is 14.6. The predicted molar refractivity (Wildman–Crippen MR) is 83.7 cm³/mol. The van der Waals surface area contributed by atoms with Gasteiger partial charge in [0.1, 0.15) is 10.6 Å². The van der Waals surface area contributed by atoms with E-state index in [1.165, 1.54) is 0 Å². The molecule has 1 heterocycles. The van der Waals surface area contributed by atoms with Crippen LogP contribution in [0.5, 0.6) is 0 Å². The van der Waals surface area contributed by atoms with Crippen molar-refractivity contribution in [2.45, 2.75) is 43.8 Å². The minimum absolute atomic E-state index is 0. The summed E-state index contributed by atoms with van der Waals surface area (Å²) in [7, 11) is -4.00. The van der Waals surface area contributed by atoms with Crippen molar-refractivity contribution in [3.63, 3.8) is 0 Å². The quantitative estimate of drug-likeness (QED) is 0.800. The van der Waals surface area contributed by atoms with E-state index >= 15 is 0 Å². The molecule has 0 bridgehead atoms. The third-order valence-corrected chi connectivity index (χ3v) is 4.65. The van der Waals surface area contributed by atoms with Crippen LogP contribution < -0.4 is 10.5 Å². The predicted octanol–water partition coefficient (Wildman–Crippen LogP) is 2.56. The van der Waals surface area contributed by atoms with Gasteiger partial charge in [0, 0.05) is 18.3 Å². The van der Waals surface area contributed by atoms with Crippen LogP contribution >= 0.6 is 12.4 Å². The highest BCUT2D eigenvalue weighted by Gasteiger charge is 2.34. The van der Waals surface area contributed by atoms with Gasteiger partial charge >= 0.3 is 6.18 Å². The summed E-state index contributed by atoms with van der Waals surface area (Å²) in [4.78, 5) is 2.83. The highest BCUT2D eigenvalue weighted by Crippen LogP contribution is 2.28. The van der Waals surface area contributed by atoms with Crippen LogP contribution in [0.25, 0.3) is 0 Å². The average molecular weight is 376 g/mol. The molecule has 0 fully saturated rings. The summed E-state index contributed by atoms with van der Waals surface area (Å²) in [5.41, 5.74) is 3.61. The van der Waals surface area contributed by atoms with Crippen molar-refractivity contribution in [3.05, 3.63) is 24.0 Å². The Morgan fingerprint density at radius 3 is 2.22 bits per heavy atom. The average Bonchev–Trinajstić information content (AvgIpc) is 2.36. The monoisotopic (exact) mass is 375 g/mol. The third-order valence-electron chi connectivity index (χ3n) is 3.03. The van der Waals surface area contributed by atoms with Gasteiger partial charge in [0.2, 0.25) is 10.0 Å². The first-order valence-corrected chi connectivity index (χ1v) is 8.15. The van der Waals surface area contributed by atoms with Crippen molar-refractivity contribution in [3.8, 4) is 0 Å². The second-order valence-electron chi connectivity index (χ2n) is 5.85. The minimum atomic E-state index is -4.61. The van der Waals surface area contributed by atoms with E-state index in [2.05, 4.69) is 9.71 Å². The lowest BCUT2D eigenvalue weighted by atomic mass is 9.92. The summed E-state index contributed by atoms with van der Waals surface area (Å²) in [5, 5.41) is 0. The van der Waals surface area contributed by atoms with Crippen LogP contribution in [0.1, 0.15) is 32.9 Å². The van der Waals surface area contributed by atoms with E-state index in [0.717, 1.165) is 6.07 Å². The molecule has 23 heavy (non-hydrogen) atoms. The van der Waals surface area contributed by atoms with Crippen LogP contribution in [0.3, 0.4) is 0 Å². The van der Waals surface area contributed by atoms with Crippen LogP contribution in [0.4, 0.5) is 13.2 Å². The maximum atomic E-state index is 12.4. The van der Waals surface area contributed by atoms with Crippen molar-refractivity contribution >= 4 is 22.4 Å².